The van der Waals surface area contributed by atoms with E-state index in [9.17, 15) is 18.8 Å². The summed E-state index contributed by atoms with van der Waals surface area (Å²) in [5.41, 5.74) is 3.56. The third-order valence-corrected chi connectivity index (χ3v) is 4.57. The SMILES string of the molecule is COc1cc(OC)c(CN(C(=O)OC(C)(C)C)[C@@H](C[C@@H](F)C(N)=O)C(=O)OC(C)(C)C)c(OC)c1. The zero-order valence-corrected chi connectivity index (χ0v) is 21.9. The molecule has 198 valence electrons. The van der Waals surface area contributed by atoms with E-state index in [0.717, 1.165) is 4.90 Å². The standard InChI is InChI=1S/C24H37FN2O8/c1-23(2,3)34-21(29)17(12-16(25)20(26)28)27(22(30)35-24(4,5)6)13-15-18(32-8)10-14(31-7)11-19(15)33-9/h10-11,16-17H,12-13H2,1-9H3,(H2,26,28)/t16-,17+/m1/s1. The molecule has 0 heterocycles. The fourth-order valence-electron chi connectivity index (χ4n) is 3.06. The van der Waals surface area contributed by atoms with E-state index in [2.05, 4.69) is 0 Å². The van der Waals surface area contributed by atoms with E-state index in [1.165, 1.54) is 21.3 Å². The van der Waals surface area contributed by atoms with Crippen LogP contribution in [-0.4, -0.2) is 67.6 Å². The first-order chi connectivity index (χ1) is 16.0. The highest BCUT2D eigenvalue weighted by Gasteiger charge is 2.39. The van der Waals surface area contributed by atoms with E-state index >= 15 is 0 Å². The monoisotopic (exact) mass is 500 g/mol. The molecular formula is C24H37FN2O8. The predicted octanol–water partition coefficient (Wildman–Crippen LogP) is 3.37. The number of carbonyl (C=O) groups excluding carboxylic acids is 3. The molecule has 2 atom stereocenters. The van der Waals surface area contributed by atoms with Crippen molar-refractivity contribution in [3.63, 3.8) is 0 Å². The third-order valence-electron chi connectivity index (χ3n) is 4.57. The Bertz CT molecular complexity index is 883. The number of primary amides is 1. The van der Waals surface area contributed by atoms with Crippen LogP contribution in [0, 0.1) is 0 Å². The number of amides is 2. The molecule has 1 aromatic rings. The maximum Gasteiger partial charge on any atom is 0.411 e. The average Bonchev–Trinajstić information content (AvgIpc) is 2.72. The van der Waals surface area contributed by atoms with Crippen LogP contribution >= 0.6 is 0 Å². The number of halogens is 1. The van der Waals surface area contributed by atoms with Crippen LogP contribution in [0.1, 0.15) is 53.5 Å². The Hall–Kier alpha value is -3.24. The normalized spacial score (nSPS) is 13.3. The molecule has 0 aliphatic rings. The van der Waals surface area contributed by atoms with Crippen LogP contribution in [0.2, 0.25) is 0 Å². The number of hydrogen-bond donors (Lipinski definition) is 1. The van der Waals surface area contributed by atoms with Crippen LogP contribution < -0.4 is 19.9 Å². The molecule has 1 rings (SSSR count). The van der Waals surface area contributed by atoms with E-state index < -0.39 is 47.8 Å². The van der Waals surface area contributed by atoms with Gasteiger partial charge >= 0.3 is 12.1 Å². The predicted molar refractivity (Wildman–Crippen MR) is 126 cm³/mol. The number of rotatable bonds is 10. The van der Waals surface area contributed by atoms with Gasteiger partial charge in [-0.3, -0.25) is 9.69 Å². The molecule has 0 bridgehead atoms. The van der Waals surface area contributed by atoms with Gasteiger partial charge in [0.05, 0.1) is 33.4 Å². The van der Waals surface area contributed by atoms with Gasteiger partial charge < -0.3 is 29.4 Å². The fourth-order valence-corrected chi connectivity index (χ4v) is 3.06. The molecule has 0 spiro atoms. The van der Waals surface area contributed by atoms with Gasteiger partial charge in [0.2, 0.25) is 0 Å². The molecule has 11 heteroatoms. The Kier molecular flexibility index (Phi) is 10.2. The molecule has 2 N–H and O–H groups in total. The number of nitrogens with two attached hydrogens (primary N) is 1. The summed E-state index contributed by atoms with van der Waals surface area (Å²) in [6, 6.07) is 1.58. The van der Waals surface area contributed by atoms with Crippen molar-refractivity contribution >= 4 is 18.0 Å². The van der Waals surface area contributed by atoms with Crippen molar-refractivity contribution < 1.29 is 42.5 Å². The van der Waals surface area contributed by atoms with E-state index in [-0.39, 0.29) is 18.0 Å². The summed E-state index contributed by atoms with van der Waals surface area (Å²) in [7, 11) is 4.28. The van der Waals surface area contributed by atoms with E-state index in [1.54, 1.807) is 53.7 Å². The number of alkyl halides is 1. The molecule has 0 unspecified atom stereocenters. The number of esters is 1. The number of hydrogen-bond acceptors (Lipinski definition) is 8. The van der Waals surface area contributed by atoms with Gasteiger partial charge in [-0.2, -0.15) is 0 Å². The number of carbonyl (C=O) groups is 3. The highest BCUT2D eigenvalue weighted by molar-refractivity contribution is 5.84. The highest BCUT2D eigenvalue weighted by Crippen LogP contribution is 2.36. The number of benzene rings is 1. The highest BCUT2D eigenvalue weighted by atomic mass is 19.1. The maximum absolute atomic E-state index is 14.5. The van der Waals surface area contributed by atoms with Crippen molar-refractivity contribution in [2.24, 2.45) is 5.73 Å². The Morgan fingerprint density at radius 3 is 1.77 bits per heavy atom. The van der Waals surface area contributed by atoms with Crippen LogP contribution in [0.5, 0.6) is 17.2 Å². The number of nitrogens with zero attached hydrogens (tertiary/aromatic N) is 1. The summed E-state index contributed by atoms with van der Waals surface area (Å²) >= 11 is 0. The minimum atomic E-state index is -2.22. The lowest BCUT2D eigenvalue weighted by atomic mass is 10.0. The summed E-state index contributed by atoms with van der Waals surface area (Å²) in [6.45, 7) is 9.48. The molecule has 0 fully saturated rings. The van der Waals surface area contributed by atoms with Gasteiger partial charge in [0, 0.05) is 18.6 Å². The minimum Gasteiger partial charge on any atom is -0.496 e. The molecule has 0 radical (unpaired) electrons. The molecule has 0 aliphatic heterocycles. The first kappa shape index (κ1) is 29.8. The molecule has 0 saturated carbocycles. The van der Waals surface area contributed by atoms with E-state index in [1.807, 2.05) is 0 Å². The molecule has 0 aliphatic carbocycles. The quantitative estimate of drug-likeness (QED) is 0.485. The molecule has 0 aromatic heterocycles. The molecule has 1 aromatic carbocycles. The van der Waals surface area contributed by atoms with E-state index in [0.29, 0.717) is 11.3 Å². The summed E-state index contributed by atoms with van der Waals surface area (Å²) in [5, 5.41) is 0. The van der Waals surface area contributed by atoms with Crippen molar-refractivity contribution in [1.82, 2.24) is 4.90 Å². The molecule has 35 heavy (non-hydrogen) atoms. The Labute approximate surface area is 205 Å². The fraction of sp³-hybridized carbons (Fsp3) is 0.625. The van der Waals surface area contributed by atoms with Gasteiger partial charge in [0.15, 0.2) is 6.17 Å². The van der Waals surface area contributed by atoms with Crippen LogP contribution in [0.4, 0.5) is 9.18 Å². The van der Waals surface area contributed by atoms with Crippen molar-refractivity contribution in [3.05, 3.63) is 17.7 Å². The zero-order chi connectivity index (χ0) is 27.1. The summed E-state index contributed by atoms with van der Waals surface area (Å²) in [6.07, 6.45) is -3.90. The molecule has 0 saturated heterocycles. The minimum absolute atomic E-state index is 0.282. The topological polar surface area (TPSA) is 127 Å². The molecular weight excluding hydrogens is 463 g/mol. The summed E-state index contributed by atoms with van der Waals surface area (Å²) in [5.74, 6) is -1.22. The second kappa shape index (κ2) is 11.9. The van der Waals surface area contributed by atoms with Crippen LogP contribution in [0.25, 0.3) is 0 Å². The first-order valence-electron chi connectivity index (χ1n) is 11.0. The largest absolute Gasteiger partial charge is 0.496 e. The van der Waals surface area contributed by atoms with Crippen molar-refractivity contribution in [1.29, 1.82) is 0 Å². The van der Waals surface area contributed by atoms with E-state index in [4.69, 9.17) is 29.4 Å². The van der Waals surface area contributed by atoms with Gasteiger partial charge in [-0.15, -0.1) is 0 Å². The second-order valence-corrected chi connectivity index (χ2v) is 9.77. The Morgan fingerprint density at radius 1 is 0.914 bits per heavy atom. The average molecular weight is 501 g/mol. The maximum atomic E-state index is 14.5. The molecule has 10 nitrogen and oxygen atoms in total. The Morgan fingerprint density at radius 2 is 1.40 bits per heavy atom. The lowest BCUT2D eigenvalue weighted by Crippen LogP contribution is -2.50. The van der Waals surface area contributed by atoms with Gasteiger partial charge in [0.1, 0.15) is 34.5 Å². The smallest absolute Gasteiger partial charge is 0.411 e. The van der Waals surface area contributed by atoms with Gasteiger partial charge in [-0.05, 0) is 41.5 Å². The van der Waals surface area contributed by atoms with Crippen LogP contribution in [0.15, 0.2) is 12.1 Å². The lowest BCUT2D eigenvalue weighted by Gasteiger charge is -2.34. The van der Waals surface area contributed by atoms with Crippen LogP contribution in [-0.2, 0) is 25.6 Å². The summed E-state index contributed by atoms with van der Waals surface area (Å²) in [4.78, 5) is 38.9. The van der Waals surface area contributed by atoms with Gasteiger partial charge in [-0.1, -0.05) is 0 Å². The van der Waals surface area contributed by atoms with Crippen molar-refractivity contribution in [3.8, 4) is 17.2 Å². The second-order valence-electron chi connectivity index (χ2n) is 9.77. The number of ether oxygens (including phenoxy) is 5. The van der Waals surface area contributed by atoms with Crippen molar-refractivity contribution in [2.45, 2.75) is 77.9 Å². The first-order valence-corrected chi connectivity index (χ1v) is 11.0. The lowest BCUT2D eigenvalue weighted by molar-refractivity contribution is -0.162. The zero-order valence-electron chi connectivity index (χ0n) is 21.9. The Balaban J connectivity index is 3.68. The molecule has 2 amide bonds. The third kappa shape index (κ3) is 9.14. The van der Waals surface area contributed by atoms with Gasteiger partial charge in [-0.25, -0.2) is 14.0 Å². The van der Waals surface area contributed by atoms with Gasteiger partial charge in [0.25, 0.3) is 5.91 Å². The summed E-state index contributed by atoms with van der Waals surface area (Å²) < 4.78 is 41.6. The van der Waals surface area contributed by atoms with Crippen LogP contribution in [0.3, 0.4) is 0 Å². The van der Waals surface area contributed by atoms with Crippen molar-refractivity contribution in [2.75, 3.05) is 21.3 Å². The number of methoxy groups -OCH3 is 3.